The second-order valence-corrected chi connectivity index (χ2v) is 3.08. The van der Waals surface area contributed by atoms with Gasteiger partial charge in [0, 0.05) is 6.42 Å². The van der Waals surface area contributed by atoms with E-state index < -0.39 is 0 Å². The minimum Gasteiger partial charge on any atom is -0.427 e. The summed E-state index contributed by atoms with van der Waals surface area (Å²) >= 11 is 0. The number of benzene rings is 1. The number of aromatic nitrogens is 4. The lowest BCUT2D eigenvalue weighted by atomic mass is 10.3. The number of nitrogens with zero attached hydrogens (tertiary/aromatic N) is 4. The molecule has 0 aliphatic rings. The Morgan fingerprint density at radius 2 is 2.12 bits per heavy atom. The first-order chi connectivity index (χ1) is 7.79. The highest BCUT2D eigenvalue weighted by Gasteiger charge is 2.02. The van der Waals surface area contributed by atoms with E-state index in [1.807, 2.05) is 0 Å². The van der Waals surface area contributed by atoms with E-state index in [-0.39, 0.29) is 5.97 Å². The molecule has 2 rings (SSSR count). The number of hydrogen-bond donors (Lipinski definition) is 0. The second-order valence-electron chi connectivity index (χ2n) is 3.08. The maximum atomic E-state index is 11.0. The second kappa shape index (κ2) is 4.52. The summed E-state index contributed by atoms with van der Waals surface area (Å²) < 4.78 is 6.56. The van der Waals surface area contributed by atoms with Crippen molar-refractivity contribution in [3.63, 3.8) is 0 Å². The summed E-state index contributed by atoms with van der Waals surface area (Å²) in [4.78, 5) is 11.0. The van der Waals surface area contributed by atoms with Crippen LogP contribution in [0.3, 0.4) is 0 Å². The fourth-order valence-electron chi connectivity index (χ4n) is 1.15. The zero-order chi connectivity index (χ0) is 11.4. The number of tetrazole rings is 1. The van der Waals surface area contributed by atoms with Gasteiger partial charge in [-0.1, -0.05) is 6.92 Å². The summed E-state index contributed by atoms with van der Waals surface area (Å²) in [5, 5.41) is 10.8. The summed E-state index contributed by atoms with van der Waals surface area (Å²) in [5.41, 5.74) is 0.807. The van der Waals surface area contributed by atoms with Crippen LogP contribution in [0.2, 0.25) is 0 Å². The standard InChI is InChI=1S/C10H10N4O2/c1-2-10(15)16-9-5-3-8(4-6-9)14-7-11-12-13-14/h3-7H,2H2,1H3. The van der Waals surface area contributed by atoms with Gasteiger partial charge in [0.15, 0.2) is 0 Å². The van der Waals surface area contributed by atoms with E-state index in [4.69, 9.17) is 4.74 Å². The van der Waals surface area contributed by atoms with Gasteiger partial charge in [0.05, 0.1) is 5.69 Å². The number of rotatable bonds is 3. The van der Waals surface area contributed by atoms with Crippen molar-refractivity contribution in [2.45, 2.75) is 13.3 Å². The van der Waals surface area contributed by atoms with E-state index in [0.29, 0.717) is 12.2 Å². The Kier molecular flexibility index (Phi) is 2.90. The predicted molar refractivity (Wildman–Crippen MR) is 55.1 cm³/mol. The Morgan fingerprint density at radius 3 is 2.69 bits per heavy atom. The van der Waals surface area contributed by atoms with Gasteiger partial charge in [-0.15, -0.1) is 5.10 Å². The van der Waals surface area contributed by atoms with Crippen LogP contribution in [0.5, 0.6) is 5.75 Å². The number of ether oxygens (including phenoxy) is 1. The van der Waals surface area contributed by atoms with Gasteiger partial charge in [0.1, 0.15) is 12.1 Å². The van der Waals surface area contributed by atoms with E-state index in [0.717, 1.165) is 5.69 Å². The Bertz CT molecular complexity index is 464. The molecule has 1 aromatic heterocycles. The van der Waals surface area contributed by atoms with Crippen molar-refractivity contribution in [3.8, 4) is 11.4 Å². The average molecular weight is 218 g/mol. The van der Waals surface area contributed by atoms with E-state index in [1.165, 1.54) is 11.0 Å². The Labute approximate surface area is 91.8 Å². The van der Waals surface area contributed by atoms with Crippen LogP contribution in [-0.4, -0.2) is 26.2 Å². The highest BCUT2D eigenvalue weighted by molar-refractivity contribution is 5.71. The third-order valence-corrected chi connectivity index (χ3v) is 1.97. The van der Waals surface area contributed by atoms with Gasteiger partial charge in [0.25, 0.3) is 0 Å². The molecule has 0 unspecified atom stereocenters. The molecule has 1 heterocycles. The fraction of sp³-hybridized carbons (Fsp3) is 0.200. The van der Waals surface area contributed by atoms with Crippen molar-refractivity contribution in [2.75, 3.05) is 0 Å². The van der Waals surface area contributed by atoms with Gasteiger partial charge in [0.2, 0.25) is 0 Å². The van der Waals surface area contributed by atoms with Crippen LogP contribution >= 0.6 is 0 Å². The molecule has 0 radical (unpaired) electrons. The fourth-order valence-corrected chi connectivity index (χ4v) is 1.15. The predicted octanol–water partition coefficient (Wildman–Crippen LogP) is 0.978. The van der Waals surface area contributed by atoms with E-state index >= 15 is 0 Å². The Balaban J connectivity index is 2.14. The zero-order valence-corrected chi connectivity index (χ0v) is 8.70. The molecule has 1 aromatic carbocycles. The summed E-state index contributed by atoms with van der Waals surface area (Å²) in [6.07, 6.45) is 1.85. The lowest BCUT2D eigenvalue weighted by Gasteiger charge is -2.03. The molecule has 6 nitrogen and oxygen atoms in total. The van der Waals surface area contributed by atoms with Crippen LogP contribution in [0.4, 0.5) is 0 Å². The summed E-state index contributed by atoms with van der Waals surface area (Å²) in [6, 6.07) is 6.94. The van der Waals surface area contributed by atoms with Crippen LogP contribution in [0.15, 0.2) is 30.6 Å². The van der Waals surface area contributed by atoms with Crippen molar-refractivity contribution >= 4 is 5.97 Å². The molecule has 0 fully saturated rings. The van der Waals surface area contributed by atoms with Crippen LogP contribution < -0.4 is 4.74 Å². The number of carbonyl (C=O) groups excluding carboxylic acids is 1. The van der Waals surface area contributed by atoms with Gasteiger partial charge >= 0.3 is 5.97 Å². The maximum Gasteiger partial charge on any atom is 0.310 e. The van der Waals surface area contributed by atoms with E-state index in [1.54, 1.807) is 31.2 Å². The molecule has 0 N–H and O–H groups in total. The molecule has 0 spiro atoms. The molecule has 0 saturated heterocycles. The SMILES string of the molecule is CCC(=O)Oc1ccc(-n2cnnn2)cc1. The first-order valence-electron chi connectivity index (χ1n) is 4.83. The van der Waals surface area contributed by atoms with Gasteiger partial charge in [-0.05, 0) is 34.7 Å². The largest absolute Gasteiger partial charge is 0.427 e. The number of hydrogen-bond acceptors (Lipinski definition) is 5. The highest BCUT2D eigenvalue weighted by Crippen LogP contribution is 2.14. The third kappa shape index (κ3) is 2.22. The zero-order valence-electron chi connectivity index (χ0n) is 8.70. The van der Waals surface area contributed by atoms with Crippen molar-refractivity contribution < 1.29 is 9.53 Å². The monoisotopic (exact) mass is 218 g/mol. The summed E-state index contributed by atoms with van der Waals surface area (Å²) in [7, 11) is 0. The van der Waals surface area contributed by atoms with Gasteiger partial charge in [-0.2, -0.15) is 0 Å². The molecule has 0 saturated carbocycles. The van der Waals surface area contributed by atoms with Crippen LogP contribution in [-0.2, 0) is 4.79 Å². The topological polar surface area (TPSA) is 69.9 Å². The highest BCUT2D eigenvalue weighted by atomic mass is 16.5. The van der Waals surface area contributed by atoms with Crippen LogP contribution in [0, 0.1) is 0 Å². The normalized spacial score (nSPS) is 10.1. The molecule has 16 heavy (non-hydrogen) atoms. The molecular formula is C10H10N4O2. The minimum absolute atomic E-state index is 0.254. The molecule has 82 valence electrons. The van der Waals surface area contributed by atoms with Gasteiger partial charge < -0.3 is 4.74 Å². The van der Waals surface area contributed by atoms with Gasteiger partial charge in [-0.3, -0.25) is 4.79 Å². The van der Waals surface area contributed by atoms with Crippen molar-refractivity contribution in [1.82, 2.24) is 20.2 Å². The molecule has 2 aromatic rings. The third-order valence-electron chi connectivity index (χ3n) is 1.97. The van der Waals surface area contributed by atoms with Crippen LogP contribution in [0.1, 0.15) is 13.3 Å². The van der Waals surface area contributed by atoms with E-state index in [2.05, 4.69) is 15.5 Å². The molecule has 0 aliphatic heterocycles. The van der Waals surface area contributed by atoms with Crippen molar-refractivity contribution in [3.05, 3.63) is 30.6 Å². The number of carbonyl (C=O) groups is 1. The quantitative estimate of drug-likeness (QED) is 0.567. The van der Waals surface area contributed by atoms with Crippen molar-refractivity contribution in [1.29, 1.82) is 0 Å². The minimum atomic E-state index is -0.254. The lowest BCUT2D eigenvalue weighted by Crippen LogP contribution is -2.05. The molecular weight excluding hydrogens is 208 g/mol. The van der Waals surface area contributed by atoms with Gasteiger partial charge in [-0.25, -0.2) is 4.68 Å². The first-order valence-corrected chi connectivity index (χ1v) is 4.83. The molecule has 0 aliphatic carbocycles. The maximum absolute atomic E-state index is 11.0. The number of esters is 1. The summed E-state index contributed by atoms with van der Waals surface area (Å²) in [5.74, 6) is 0.263. The smallest absolute Gasteiger partial charge is 0.310 e. The molecule has 6 heteroatoms. The van der Waals surface area contributed by atoms with E-state index in [9.17, 15) is 4.79 Å². The first kappa shape index (κ1) is 10.3. The Morgan fingerprint density at radius 1 is 1.38 bits per heavy atom. The average Bonchev–Trinajstić information content (AvgIpc) is 2.83. The molecule has 0 bridgehead atoms. The van der Waals surface area contributed by atoms with Crippen molar-refractivity contribution in [2.24, 2.45) is 0 Å². The summed E-state index contributed by atoms with van der Waals surface area (Å²) in [6.45, 7) is 1.75. The molecule has 0 atom stereocenters. The molecule has 0 amide bonds. The Hall–Kier alpha value is -2.24. The van der Waals surface area contributed by atoms with Crippen LogP contribution in [0.25, 0.3) is 5.69 Å². The lowest BCUT2D eigenvalue weighted by molar-refractivity contribution is -0.134.